The third kappa shape index (κ3) is 73600. The van der Waals surface area contributed by atoms with Crippen LogP contribution in [0.3, 0.4) is 0 Å². The Kier molecular flexibility index (Phi) is 3.51. The maximum atomic E-state index is 9.19. The van der Waals surface area contributed by atoms with Gasteiger partial charge in [0.1, 0.15) is 0 Å². The van der Waals surface area contributed by atoms with Crippen molar-refractivity contribution in [3.05, 3.63) is 0 Å². The van der Waals surface area contributed by atoms with Crippen LogP contribution in [0.1, 0.15) is 0 Å². The van der Waals surface area contributed by atoms with Gasteiger partial charge >= 0.3 is 31.2 Å². The molecule has 0 heterocycles. The van der Waals surface area contributed by atoms with Gasteiger partial charge in [0.2, 0.25) is 0 Å². The molecule has 0 amide bonds. The molecule has 5 heteroatoms. The van der Waals surface area contributed by atoms with E-state index in [-0.39, 0.29) is 5.48 Å². The minimum atomic E-state index is -4.86. The first-order valence-electron chi connectivity index (χ1n) is 0.841. The molecule has 0 aliphatic rings. The second-order valence-electron chi connectivity index (χ2n) is 0.652. The fourth-order valence-corrected chi connectivity index (χ4v) is 0. The van der Waals surface area contributed by atoms with Crippen LogP contribution in [0.25, 0.3) is 0 Å². The average molecular weight is 267 g/mol. The summed E-state index contributed by atoms with van der Waals surface area (Å²) in [5.74, 6) is 0. The van der Waals surface area contributed by atoms with E-state index in [1.807, 2.05) is 0 Å². The van der Waals surface area contributed by atoms with Crippen molar-refractivity contribution in [1.82, 2.24) is 0 Å². The van der Waals surface area contributed by atoms with Gasteiger partial charge in [-0.05, 0) is 0 Å². The van der Waals surface area contributed by atoms with E-state index < -0.39 is 15.4 Å². The fourth-order valence-electron chi connectivity index (χ4n) is 0. The zero-order chi connectivity index (χ0) is 4.50. The standard InChI is InChI=1S/CH3.H2O.3O.Re/h1H3;1H2;;;;. The van der Waals surface area contributed by atoms with Crippen LogP contribution < -0.4 is 0 Å². The molecule has 0 fully saturated rings. The molecule has 0 atom stereocenters. The Balaban J connectivity index is 0. The first kappa shape index (κ1) is 9.39. The van der Waals surface area contributed by atoms with Crippen LogP contribution in [0, 0.1) is 0 Å². The summed E-state index contributed by atoms with van der Waals surface area (Å²) in [6.07, 6.45) is 0. The zero-order valence-corrected chi connectivity index (χ0v) is 5.82. The Bertz CT molecular complexity index is 129. The van der Waals surface area contributed by atoms with E-state index in [0.717, 1.165) is 5.40 Å². The topological polar surface area (TPSA) is 82.7 Å². The van der Waals surface area contributed by atoms with Crippen LogP contribution in [-0.2, 0) is 25.8 Å². The van der Waals surface area contributed by atoms with Crippen LogP contribution in [0.2, 0.25) is 5.40 Å². The molecule has 4 nitrogen and oxygen atoms in total. The van der Waals surface area contributed by atoms with Gasteiger partial charge in [0.05, 0.1) is 0 Å². The van der Waals surface area contributed by atoms with Crippen LogP contribution in [0.5, 0.6) is 0 Å². The summed E-state index contributed by atoms with van der Waals surface area (Å²) in [5.41, 5.74) is 0. The van der Waals surface area contributed by atoms with Gasteiger partial charge in [-0.1, -0.05) is 0 Å². The van der Waals surface area contributed by atoms with E-state index in [9.17, 15) is 10.4 Å². The van der Waals surface area contributed by atoms with Crippen LogP contribution in [-0.4, -0.2) is 5.48 Å². The summed E-state index contributed by atoms with van der Waals surface area (Å²) in [4.78, 5) is 0. The van der Waals surface area contributed by atoms with Gasteiger partial charge < -0.3 is 5.48 Å². The van der Waals surface area contributed by atoms with E-state index in [1.165, 1.54) is 0 Å². The Morgan fingerprint density at radius 3 is 1.17 bits per heavy atom. The van der Waals surface area contributed by atoms with E-state index in [4.69, 9.17) is 0 Å². The zero-order valence-electron chi connectivity index (χ0n) is 3.10. The van der Waals surface area contributed by atoms with E-state index in [1.54, 1.807) is 0 Å². The molecule has 0 bridgehead atoms. The van der Waals surface area contributed by atoms with Crippen LogP contribution >= 0.6 is 0 Å². The summed E-state index contributed by atoms with van der Waals surface area (Å²) in [5, 5.41) is 0.722. The van der Waals surface area contributed by atoms with Gasteiger partial charge in [-0.2, -0.15) is 0 Å². The molecule has 0 rings (SSSR count). The normalized spacial score (nSPS) is 9.50. The second-order valence-corrected chi connectivity index (χ2v) is 5.34. The van der Waals surface area contributed by atoms with Gasteiger partial charge in [0.25, 0.3) is 0 Å². The van der Waals surface area contributed by atoms with Crippen molar-refractivity contribution < 1.29 is 31.3 Å². The van der Waals surface area contributed by atoms with Crippen molar-refractivity contribution in [1.29, 1.82) is 0 Å². The summed E-state index contributed by atoms with van der Waals surface area (Å²) in [6, 6.07) is 0. The Hall–Kier alpha value is 0.0223. The first-order valence-corrected chi connectivity index (χ1v) is 6.88. The molecule has 0 aliphatic carbocycles. The summed E-state index contributed by atoms with van der Waals surface area (Å²) in [6.45, 7) is 0. The fraction of sp³-hybridized carbons (Fsp3) is 1.00. The molecule has 0 spiro atoms. The van der Waals surface area contributed by atoms with E-state index in [0.29, 0.717) is 0 Å². The molecule has 2 N–H and O–H groups in total. The van der Waals surface area contributed by atoms with Crippen molar-refractivity contribution in [3.8, 4) is 0 Å². The summed E-state index contributed by atoms with van der Waals surface area (Å²) >= 11 is -4.86. The number of hydrogen-bond donors (Lipinski definition) is 0. The number of hydrogen-bond acceptors (Lipinski definition) is 3. The van der Waals surface area contributed by atoms with Gasteiger partial charge in [-0.3, -0.25) is 0 Å². The van der Waals surface area contributed by atoms with Gasteiger partial charge in [-0.25, -0.2) is 0 Å². The van der Waals surface area contributed by atoms with Crippen molar-refractivity contribution in [2.75, 3.05) is 0 Å². The van der Waals surface area contributed by atoms with E-state index in [2.05, 4.69) is 0 Å². The third-order valence-electron chi connectivity index (χ3n) is 0. The molecule has 0 unspecified atom stereocenters. The molecule has 0 radical (unpaired) electrons. The molecular weight excluding hydrogens is 262 g/mol. The average Bonchev–Trinajstić information content (AvgIpc) is 0.722. The molecular formula is CH5O4Re. The molecule has 6 heavy (non-hydrogen) atoms. The monoisotopic (exact) mass is 268 g/mol. The first-order chi connectivity index (χ1) is 2.00. The molecule has 0 aromatic heterocycles. The Morgan fingerprint density at radius 2 is 1.17 bits per heavy atom. The Morgan fingerprint density at radius 1 is 1.17 bits per heavy atom. The van der Waals surface area contributed by atoms with Crippen LogP contribution in [0.15, 0.2) is 0 Å². The van der Waals surface area contributed by atoms with Gasteiger partial charge in [0, 0.05) is 0 Å². The molecule has 0 aromatic rings. The SMILES string of the molecule is O.[CH3][Re](=[O])(=[O])=[O]. The van der Waals surface area contributed by atoms with Crippen molar-refractivity contribution >= 4 is 0 Å². The van der Waals surface area contributed by atoms with Crippen LogP contribution in [0.4, 0.5) is 0 Å². The van der Waals surface area contributed by atoms with Crippen molar-refractivity contribution in [2.24, 2.45) is 0 Å². The molecule has 0 aromatic carbocycles. The quantitative estimate of drug-likeness (QED) is 0.587. The number of rotatable bonds is 0. The van der Waals surface area contributed by atoms with Crippen molar-refractivity contribution in [3.63, 3.8) is 0 Å². The Labute approximate surface area is 37.4 Å². The van der Waals surface area contributed by atoms with Crippen molar-refractivity contribution in [2.45, 2.75) is 5.40 Å². The molecule has 0 saturated heterocycles. The van der Waals surface area contributed by atoms with E-state index >= 15 is 0 Å². The molecule has 0 saturated carbocycles. The second kappa shape index (κ2) is 2.24. The summed E-state index contributed by atoms with van der Waals surface area (Å²) in [7, 11) is 0. The third-order valence-corrected chi connectivity index (χ3v) is 0. The maximum absolute atomic E-state index is 9.19. The van der Waals surface area contributed by atoms with Gasteiger partial charge in [-0.15, -0.1) is 0 Å². The predicted molar refractivity (Wildman–Crippen MR) is 11.5 cm³/mol. The molecule has 0 aliphatic heterocycles. The predicted octanol–water partition coefficient (Wildman–Crippen LogP) is -0.600. The minimum absolute atomic E-state index is 0. The van der Waals surface area contributed by atoms with Gasteiger partial charge in [0.15, 0.2) is 0 Å². The molecule has 40 valence electrons. The summed E-state index contributed by atoms with van der Waals surface area (Å²) < 4.78 is 27.6.